The quantitative estimate of drug-likeness (QED) is 0.532. The van der Waals surface area contributed by atoms with Crippen LogP contribution in [0.25, 0.3) is 0 Å². The molecular formula is C26H27FN2O4S. The van der Waals surface area contributed by atoms with Gasteiger partial charge in [0.05, 0.1) is 4.90 Å². The molecule has 0 atom stereocenters. The Balaban J connectivity index is 1.25. The minimum Gasteiger partial charge on any atom is -0.457 e. The normalized spacial score (nSPS) is 15.1. The van der Waals surface area contributed by atoms with Gasteiger partial charge in [0.25, 0.3) is 0 Å². The van der Waals surface area contributed by atoms with Crippen LogP contribution in [0.1, 0.15) is 24.0 Å². The van der Waals surface area contributed by atoms with Crippen molar-refractivity contribution in [2.45, 2.75) is 31.2 Å². The lowest BCUT2D eigenvalue weighted by molar-refractivity contribution is -0.126. The molecule has 0 radical (unpaired) electrons. The number of carbonyl (C=O) groups is 1. The standard InChI is InChI=1S/C26H27FN2O4S/c1-19-2-12-25(13-3-19)34(31,32)29-16-14-21(15-17-29)26(30)28-18-20-4-8-23(9-5-20)33-24-10-6-22(27)7-11-24/h2-13,21H,14-18H2,1H3,(H,28,30). The number of sulfonamides is 1. The molecule has 34 heavy (non-hydrogen) atoms. The topological polar surface area (TPSA) is 75.7 Å². The van der Waals surface area contributed by atoms with Crippen molar-refractivity contribution in [3.05, 3.63) is 89.7 Å². The van der Waals surface area contributed by atoms with E-state index in [2.05, 4.69) is 5.32 Å². The van der Waals surface area contributed by atoms with Crippen LogP contribution in [0.5, 0.6) is 11.5 Å². The highest BCUT2D eigenvalue weighted by atomic mass is 32.2. The first-order valence-electron chi connectivity index (χ1n) is 11.2. The van der Waals surface area contributed by atoms with E-state index in [0.717, 1.165) is 11.1 Å². The molecule has 4 rings (SSSR count). The van der Waals surface area contributed by atoms with Gasteiger partial charge in [0.2, 0.25) is 15.9 Å². The number of hydrogen-bond acceptors (Lipinski definition) is 4. The summed E-state index contributed by atoms with van der Waals surface area (Å²) in [6, 6.07) is 19.9. The predicted molar refractivity (Wildman–Crippen MR) is 127 cm³/mol. The third-order valence-electron chi connectivity index (χ3n) is 5.92. The molecule has 1 heterocycles. The first-order valence-corrected chi connectivity index (χ1v) is 12.6. The largest absolute Gasteiger partial charge is 0.457 e. The molecule has 1 fully saturated rings. The second kappa shape index (κ2) is 10.4. The Morgan fingerprint density at radius 2 is 1.50 bits per heavy atom. The van der Waals surface area contributed by atoms with Crippen LogP contribution in [-0.2, 0) is 21.4 Å². The Morgan fingerprint density at radius 1 is 0.941 bits per heavy atom. The van der Waals surface area contributed by atoms with Crippen LogP contribution in [-0.4, -0.2) is 31.7 Å². The van der Waals surface area contributed by atoms with Gasteiger partial charge in [0, 0.05) is 25.6 Å². The van der Waals surface area contributed by atoms with Gasteiger partial charge in [-0.1, -0.05) is 29.8 Å². The summed E-state index contributed by atoms with van der Waals surface area (Å²) in [6.45, 7) is 2.93. The van der Waals surface area contributed by atoms with Gasteiger partial charge in [-0.15, -0.1) is 0 Å². The van der Waals surface area contributed by atoms with Crippen molar-refractivity contribution in [2.24, 2.45) is 5.92 Å². The zero-order valence-corrected chi connectivity index (χ0v) is 19.7. The molecule has 1 amide bonds. The predicted octanol–water partition coefficient (Wildman–Crippen LogP) is 4.64. The number of piperidine rings is 1. The minimum atomic E-state index is -3.54. The van der Waals surface area contributed by atoms with Crippen molar-refractivity contribution in [2.75, 3.05) is 13.1 Å². The molecule has 0 aliphatic carbocycles. The molecule has 6 nitrogen and oxygen atoms in total. The fourth-order valence-corrected chi connectivity index (χ4v) is 5.33. The van der Waals surface area contributed by atoms with Crippen molar-refractivity contribution in [3.8, 4) is 11.5 Å². The smallest absolute Gasteiger partial charge is 0.243 e. The van der Waals surface area contributed by atoms with Gasteiger partial charge >= 0.3 is 0 Å². The van der Waals surface area contributed by atoms with E-state index in [9.17, 15) is 17.6 Å². The highest BCUT2D eigenvalue weighted by molar-refractivity contribution is 7.89. The van der Waals surface area contributed by atoms with Crippen molar-refractivity contribution in [1.29, 1.82) is 0 Å². The summed E-state index contributed by atoms with van der Waals surface area (Å²) in [5.74, 6) is 0.545. The van der Waals surface area contributed by atoms with E-state index in [-0.39, 0.29) is 22.5 Å². The summed E-state index contributed by atoms with van der Waals surface area (Å²) in [4.78, 5) is 12.9. The number of carbonyl (C=O) groups excluding carboxylic acids is 1. The average molecular weight is 483 g/mol. The van der Waals surface area contributed by atoms with Gasteiger partial charge in [-0.3, -0.25) is 4.79 Å². The van der Waals surface area contributed by atoms with Crippen LogP contribution in [0.15, 0.2) is 77.7 Å². The molecule has 1 saturated heterocycles. The summed E-state index contributed by atoms with van der Waals surface area (Å²) in [6.07, 6.45) is 0.975. The minimum absolute atomic E-state index is 0.0703. The zero-order chi connectivity index (χ0) is 24.1. The second-order valence-electron chi connectivity index (χ2n) is 8.41. The van der Waals surface area contributed by atoms with E-state index >= 15 is 0 Å². The first-order chi connectivity index (χ1) is 16.3. The summed E-state index contributed by atoms with van der Waals surface area (Å²) < 4.78 is 45.8. The molecule has 1 aliphatic rings. The van der Waals surface area contributed by atoms with Crippen LogP contribution in [0.2, 0.25) is 0 Å². The van der Waals surface area contributed by atoms with Crippen molar-refractivity contribution in [3.63, 3.8) is 0 Å². The lowest BCUT2D eigenvalue weighted by atomic mass is 9.97. The van der Waals surface area contributed by atoms with Crippen LogP contribution in [0, 0.1) is 18.7 Å². The van der Waals surface area contributed by atoms with E-state index in [1.807, 2.05) is 19.1 Å². The maximum absolute atomic E-state index is 13.0. The van der Waals surface area contributed by atoms with Gasteiger partial charge in [0.1, 0.15) is 17.3 Å². The van der Waals surface area contributed by atoms with Crippen molar-refractivity contribution >= 4 is 15.9 Å². The molecule has 0 spiro atoms. The van der Waals surface area contributed by atoms with Crippen LogP contribution in [0.4, 0.5) is 4.39 Å². The van der Waals surface area contributed by atoms with Crippen LogP contribution in [0.3, 0.4) is 0 Å². The fraction of sp³-hybridized carbons (Fsp3) is 0.269. The summed E-state index contributed by atoms with van der Waals surface area (Å²) in [7, 11) is -3.54. The van der Waals surface area contributed by atoms with E-state index in [1.54, 1.807) is 48.5 Å². The summed E-state index contributed by atoms with van der Waals surface area (Å²) >= 11 is 0. The Morgan fingerprint density at radius 3 is 2.09 bits per heavy atom. The van der Waals surface area contributed by atoms with Crippen LogP contribution < -0.4 is 10.1 Å². The third kappa shape index (κ3) is 5.81. The molecule has 178 valence electrons. The van der Waals surface area contributed by atoms with Crippen molar-refractivity contribution < 1.29 is 22.3 Å². The highest BCUT2D eigenvalue weighted by Crippen LogP contribution is 2.25. The van der Waals surface area contributed by atoms with Gasteiger partial charge < -0.3 is 10.1 Å². The Labute approximate surface area is 199 Å². The third-order valence-corrected chi connectivity index (χ3v) is 7.84. The average Bonchev–Trinajstić information content (AvgIpc) is 2.85. The number of nitrogens with one attached hydrogen (secondary N) is 1. The highest BCUT2D eigenvalue weighted by Gasteiger charge is 2.31. The number of nitrogens with zero attached hydrogens (tertiary/aromatic N) is 1. The van der Waals surface area contributed by atoms with E-state index in [1.165, 1.54) is 16.4 Å². The number of aryl methyl sites for hydroxylation is 1. The van der Waals surface area contributed by atoms with Gasteiger partial charge in [-0.2, -0.15) is 4.31 Å². The summed E-state index contributed by atoms with van der Waals surface area (Å²) in [5.41, 5.74) is 1.92. The van der Waals surface area contributed by atoms with Gasteiger partial charge in [-0.05, 0) is 73.9 Å². The Bertz CT molecular complexity index is 1220. The summed E-state index contributed by atoms with van der Waals surface area (Å²) in [5, 5.41) is 2.95. The SMILES string of the molecule is Cc1ccc(S(=O)(=O)N2CCC(C(=O)NCc3ccc(Oc4ccc(F)cc4)cc3)CC2)cc1. The molecule has 0 saturated carbocycles. The molecule has 3 aromatic rings. The van der Waals surface area contributed by atoms with Crippen molar-refractivity contribution in [1.82, 2.24) is 9.62 Å². The monoisotopic (exact) mass is 482 g/mol. The van der Waals surface area contributed by atoms with Crippen LogP contribution >= 0.6 is 0 Å². The molecule has 3 aromatic carbocycles. The molecule has 0 unspecified atom stereocenters. The number of amides is 1. The molecule has 0 bridgehead atoms. The molecule has 8 heteroatoms. The molecule has 0 aromatic heterocycles. The number of rotatable bonds is 7. The maximum atomic E-state index is 13.0. The van der Waals surface area contributed by atoms with E-state index in [0.29, 0.717) is 44.0 Å². The van der Waals surface area contributed by atoms with Gasteiger partial charge in [0.15, 0.2) is 0 Å². The Hall–Kier alpha value is -3.23. The van der Waals surface area contributed by atoms with E-state index < -0.39 is 10.0 Å². The number of hydrogen-bond donors (Lipinski definition) is 1. The fourth-order valence-electron chi connectivity index (χ4n) is 3.87. The molecule has 1 N–H and O–H groups in total. The molecule has 1 aliphatic heterocycles. The lowest BCUT2D eigenvalue weighted by Gasteiger charge is -2.30. The second-order valence-corrected chi connectivity index (χ2v) is 10.3. The number of ether oxygens (including phenoxy) is 1. The Kier molecular flexibility index (Phi) is 7.29. The first kappa shape index (κ1) is 23.9. The van der Waals surface area contributed by atoms with E-state index in [4.69, 9.17) is 4.74 Å². The lowest BCUT2D eigenvalue weighted by Crippen LogP contribution is -2.42. The number of benzene rings is 3. The molecular weight excluding hydrogens is 455 g/mol. The van der Waals surface area contributed by atoms with Gasteiger partial charge in [-0.25, -0.2) is 12.8 Å². The zero-order valence-electron chi connectivity index (χ0n) is 18.9. The maximum Gasteiger partial charge on any atom is 0.243 e. The number of halogens is 1.